The van der Waals surface area contributed by atoms with Gasteiger partial charge in [-0.1, -0.05) is 42.5 Å². The molecule has 0 aliphatic carbocycles. The number of rotatable bonds is 10. The van der Waals surface area contributed by atoms with Crippen LogP contribution in [0.5, 0.6) is 5.75 Å². The molecule has 6 heteroatoms. The van der Waals surface area contributed by atoms with E-state index in [2.05, 4.69) is 45.2 Å². The van der Waals surface area contributed by atoms with Crippen molar-refractivity contribution in [2.24, 2.45) is 5.41 Å². The van der Waals surface area contributed by atoms with E-state index in [1.807, 2.05) is 30.7 Å². The Hall–Kier alpha value is -3.12. The number of benzene rings is 2. The number of nitrogens with zero attached hydrogens (tertiary/aromatic N) is 2. The highest BCUT2D eigenvalue weighted by Crippen LogP contribution is 2.36. The van der Waals surface area contributed by atoms with Crippen molar-refractivity contribution in [2.45, 2.75) is 38.6 Å². The number of unbranched alkanes of at least 4 members (excludes halogenated alkanes) is 1. The van der Waals surface area contributed by atoms with E-state index in [0.717, 1.165) is 54.7 Å². The van der Waals surface area contributed by atoms with Gasteiger partial charge < -0.3 is 19.4 Å². The van der Waals surface area contributed by atoms with Crippen LogP contribution < -0.4 is 10.1 Å². The second kappa shape index (κ2) is 11.1. The summed E-state index contributed by atoms with van der Waals surface area (Å²) in [5, 5.41) is 3.22. The Morgan fingerprint density at radius 1 is 1.15 bits per heavy atom. The summed E-state index contributed by atoms with van der Waals surface area (Å²) in [6.07, 6.45) is 9.73. The maximum Gasteiger partial charge on any atom is 0.226 e. The molecule has 0 radical (unpaired) electrons. The summed E-state index contributed by atoms with van der Waals surface area (Å²) < 4.78 is 13.2. The highest BCUT2D eigenvalue weighted by Gasteiger charge is 2.39. The molecule has 0 saturated carbocycles. The number of imidazole rings is 1. The number of carbonyl (C=O) groups excluding carboxylic acids is 1. The Bertz CT molecular complexity index is 1030. The Kier molecular flexibility index (Phi) is 7.79. The summed E-state index contributed by atoms with van der Waals surface area (Å²) in [4.78, 5) is 17.4. The first kappa shape index (κ1) is 23.1. The molecule has 4 rings (SSSR count). The van der Waals surface area contributed by atoms with E-state index >= 15 is 0 Å². The summed E-state index contributed by atoms with van der Waals surface area (Å²) in [5.74, 6) is 1.000. The Morgan fingerprint density at radius 2 is 2.00 bits per heavy atom. The van der Waals surface area contributed by atoms with Crippen LogP contribution >= 0.6 is 0 Å². The summed E-state index contributed by atoms with van der Waals surface area (Å²) >= 11 is 0. The Balaban J connectivity index is 1.42. The predicted molar refractivity (Wildman–Crippen MR) is 129 cm³/mol. The number of ether oxygens (including phenoxy) is 2. The fourth-order valence-corrected chi connectivity index (χ4v) is 4.60. The lowest BCUT2D eigenvalue weighted by molar-refractivity contribution is -0.136. The molecule has 174 valence electrons. The minimum atomic E-state index is -0.429. The van der Waals surface area contributed by atoms with E-state index < -0.39 is 5.41 Å². The van der Waals surface area contributed by atoms with Crippen molar-refractivity contribution >= 4 is 5.91 Å². The monoisotopic (exact) mass is 447 g/mol. The molecule has 6 nitrogen and oxygen atoms in total. The van der Waals surface area contributed by atoms with Crippen LogP contribution in [0.3, 0.4) is 0 Å². The summed E-state index contributed by atoms with van der Waals surface area (Å²) in [6, 6.07) is 16.5. The normalized spacial score (nSPS) is 15.2. The van der Waals surface area contributed by atoms with E-state index in [9.17, 15) is 4.79 Å². The average molecular weight is 448 g/mol. The predicted octanol–water partition coefficient (Wildman–Crippen LogP) is 4.49. The molecule has 2 heterocycles. The maximum atomic E-state index is 13.4. The minimum absolute atomic E-state index is 0.149. The molecule has 2 aromatic carbocycles. The molecular weight excluding hydrogens is 414 g/mol. The molecule has 0 atom stereocenters. The van der Waals surface area contributed by atoms with Gasteiger partial charge in [-0.15, -0.1) is 0 Å². The number of amides is 1. The molecule has 0 bridgehead atoms. The third kappa shape index (κ3) is 5.82. The number of methoxy groups -OCH3 is 1. The zero-order chi connectivity index (χ0) is 22.9. The standard InChI is InChI=1S/C27H33N3O3/c1-32-25-10-3-2-9-24(25)23-8-6-7-22(19-23)20-27(11-17-33-18-12-27)26(31)29-13-4-5-15-30-16-14-28-21-30/h2-3,6-10,14,16,19,21H,4-5,11-13,15,17-18,20H2,1H3,(H,29,31). The molecule has 1 N–H and O–H groups in total. The average Bonchev–Trinajstić information content (AvgIpc) is 3.38. The fourth-order valence-electron chi connectivity index (χ4n) is 4.60. The number of aromatic nitrogens is 2. The molecule has 1 aliphatic heterocycles. The van der Waals surface area contributed by atoms with Crippen LogP contribution in [-0.2, 0) is 22.5 Å². The smallest absolute Gasteiger partial charge is 0.226 e. The molecule has 1 aliphatic rings. The van der Waals surface area contributed by atoms with E-state index in [1.54, 1.807) is 13.3 Å². The number of para-hydroxylation sites is 1. The Morgan fingerprint density at radius 3 is 2.79 bits per heavy atom. The SMILES string of the molecule is COc1ccccc1-c1cccc(CC2(C(=O)NCCCCn3ccnc3)CCOCC2)c1. The van der Waals surface area contributed by atoms with Gasteiger partial charge in [-0.2, -0.15) is 0 Å². The van der Waals surface area contributed by atoms with E-state index in [-0.39, 0.29) is 5.91 Å². The zero-order valence-electron chi connectivity index (χ0n) is 19.3. The highest BCUT2D eigenvalue weighted by atomic mass is 16.5. The van der Waals surface area contributed by atoms with Crippen molar-refractivity contribution in [3.05, 3.63) is 72.8 Å². The largest absolute Gasteiger partial charge is 0.496 e. The lowest BCUT2D eigenvalue weighted by atomic mass is 9.74. The molecule has 1 saturated heterocycles. The van der Waals surface area contributed by atoms with Crippen LogP contribution in [0.15, 0.2) is 67.3 Å². The number of aryl methyl sites for hydroxylation is 1. The van der Waals surface area contributed by atoms with Crippen molar-refractivity contribution in [3.8, 4) is 16.9 Å². The molecule has 1 amide bonds. The first-order chi connectivity index (χ1) is 16.2. The number of hydrogen-bond donors (Lipinski definition) is 1. The topological polar surface area (TPSA) is 65.4 Å². The van der Waals surface area contributed by atoms with Crippen LogP contribution in [0.1, 0.15) is 31.2 Å². The fraction of sp³-hybridized carbons (Fsp3) is 0.407. The molecule has 0 spiro atoms. The van der Waals surface area contributed by atoms with Crippen LogP contribution in [0.2, 0.25) is 0 Å². The van der Waals surface area contributed by atoms with Gasteiger partial charge in [0.15, 0.2) is 0 Å². The number of nitrogens with one attached hydrogen (secondary N) is 1. The quantitative estimate of drug-likeness (QED) is 0.465. The highest BCUT2D eigenvalue weighted by molar-refractivity contribution is 5.83. The van der Waals surface area contributed by atoms with Crippen molar-refractivity contribution in [2.75, 3.05) is 26.9 Å². The van der Waals surface area contributed by atoms with Crippen LogP contribution in [0.4, 0.5) is 0 Å². The number of hydrogen-bond acceptors (Lipinski definition) is 4. The molecule has 0 unspecified atom stereocenters. The van der Waals surface area contributed by atoms with E-state index in [1.165, 1.54) is 0 Å². The van der Waals surface area contributed by atoms with Crippen LogP contribution in [0.25, 0.3) is 11.1 Å². The van der Waals surface area contributed by atoms with Gasteiger partial charge in [0, 0.05) is 44.3 Å². The second-order valence-electron chi connectivity index (χ2n) is 8.73. The Labute approximate surface area is 195 Å². The van der Waals surface area contributed by atoms with Gasteiger partial charge in [0.05, 0.1) is 18.9 Å². The van der Waals surface area contributed by atoms with Crippen molar-refractivity contribution < 1.29 is 14.3 Å². The van der Waals surface area contributed by atoms with Gasteiger partial charge in [0.25, 0.3) is 0 Å². The summed E-state index contributed by atoms with van der Waals surface area (Å²) in [7, 11) is 1.69. The lowest BCUT2D eigenvalue weighted by Gasteiger charge is -2.36. The lowest BCUT2D eigenvalue weighted by Crippen LogP contribution is -2.46. The van der Waals surface area contributed by atoms with Crippen molar-refractivity contribution in [3.63, 3.8) is 0 Å². The van der Waals surface area contributed by atoms with Gasteiger partial charge in [-0.25, -0.2) is 4.98 Å². The molecule has 3 aromatic rings. The van der Waals surface area contributed by atoms with Gasteiger partial charge >= 0.3 is 0 Å². The first-order valence-corrected chi connectivity index (χ1v) is 11.7. The molecular formula is C27H33N3O3. The maximum absolute atomic E-state index is 13.4. The minimum Gasteiger partial charge on any atom is -0.496 e. The van der Waals surface area contributed by atoms with Gasteiger partial charge in [-0.3, -0.25) is 4.79 Å². The van der Waals surface area contributed by atoms with Crippen LogP contribution in [0, 0.1) is 5.41 Å². The van der Waals surface area contributed by atoms with E-state index in [4.69, 9.17) is 9.47 Å². The third-order valence-electron chi connectivity index (χ3n) is 6.51. The summed E-state index contributed by atoms with van der Waals surface area (Å²) in [5.41, 5.74) is 2.90. The summed E-state index contributed by atoms with van der Waals surface area (Å²) in [6.45, 7) is 2.86. The van der Waals surface area contributed by atoms with Crippen molar-refractivity contribution in [1.29, 1.82) is 0 Å². The molecule has 1 fully saturated rings. The van der Waals surface area contributed by atoms with E-state index in [0.29, 0.717) is 26.2 Å². The zero-order valence-corrected chi connectivity index (χ0v) is 19.3. The van der Waals surface area contributed by atoms with Gasteiger partial charge in [-0.05, 0) is 49.3 Å². The number of carbonyl (C=O) groups is 1. The molecule has 33 heavy (non-hydrogen) atoms. The van der Waals surface area contributed by atoms with Crippen LogP contribution in [-0.4, -0.2) is 42.3 Å². The third-order valence-corrected chi connectivity index (χ3v) is 6.51. The molecule has 1 aromatic heterocycles. The van der Waals surface area contributed by atoms with Crippen molar-refractivity contribution in [1.82, 2.24) is 14.9 Å². The van der Waals surface area contributed by atoms with Gasteiger partial charge in [0.1, 0.15) is 5.75 Å². The first-order valence-electron chi connectivity index (χ1n) is 11.7. The second-order valence-corrected chi connectivity index (χ2v) is 8.73. The van der Waals surface area contributed by atoms with Gasteiger partial charge in [0.2, 0.25) is 5.91 Å².